The molecule has 2 rings (SSSR count). The van der Waals surface area contributed by atoms with Crippen LogP contribution in [0, 0.1) is 11.6 Å². The standard InChI is InChI=1S/C14H11ClF2N2/c1-9(14-12(16)3-2-4-13(14)17)18-19-11-7-5-10(15)6-8-11/h2-8,19H,1H3/b18-9-. The van der Waals surface area contributed by atoms with E-state index in [4.69, 9.17) is 11.6 Å². The van der Waals surface area contributed by atoms with Crippen molar-refractivity contribution in [2.75, 3.05) is 5.43 Å². The van der Waals surface area contributed by atoms with Gasteiger partial charge in [-0.15, -0.1) is 0 Å². The zero-order valence-electron chi connectivity index (χ0n) is 10.1. The lowest BCUT2D eigenvalue weighted by Crippen LogP contribution is -2.05. The summed E-state index contributed by atoms with van der Waals surface area (Å²) in [5.74, 6) is -1.28. The molecule has 0 aliphatic heterocycles. The predicted octanol–water partition coefficient (Wildman–Crippen LogP) is 4.45. The maximum Gasteiger partial charge on any atom is 0.135 e. The molecule has 0 heterocycles. The number of hydrogen-bond donors (Lipinski definition) is 1. The number of benzene rings is 2. The minimum atomic E-state index is -0.640. The van der Waals surface area contributed by atoms with Crippen molar-refractivity contribution in [2.24, 2.45) is 5.10 Å². The Hall–Kier alpha value is -1.94. The van der Waals surface area contributed by atoms with E-state index in [2.05, 4.69) is 10.5 Å². The van der Waals surface area contributed by atoms with Crippen molar-refractivity contribution in [1.29, 1.82) is 0 Å². The van der Waals surface area contributed by atoms with E-state index < -0.39 is 11.6 Å². The summed E-state index contributed by atoms with van der Waals surface area (Å²) >= 11 is 5.75. The average molecular weight is 281 g/mol. The van der Waals surface area contributed by atoms with Crippen LogP contribution >= 0.6 is 11.6 Å². The molecule has 0 aromatic heterocycles. The van der Waals surface area contributed by atoms with Gasteiger partial charge in [-0.3, -0.25) is 5.43 Å². The second-order valence-corrected chi connectivity index (χ2v) is 4.35. The van der Waals surface area contributed by atoms with E-state index in [-0.39, 0.29) is 11.3 Å². The van der Waals surface area contributed by atoms with E-state index in [1.54, 1.807) is 24.3 Å². The number of anilines is 1. The Morgan fingerprint density at radius 3 is 2.21 bits per heavy atom. The van der Waals surface area contributed by atoms with Crippen molar-refractivity contribution in [3.63, 3.8) is 0 Å². The second-order valence-electron chi connectivity index (χ2n) is 3.91. The molecule has 0 unspecified atom stereocenters. The summed E-state index contributed by atoms with van der Waals surface area (Å²) in [6, 6.07) is 10.5. The number of nitrogens with one attached hydrogen (secondary N) is 1. The fourth-order valence-electron chi connectivity index (χ4n) is 1.57. The zero-order valence-corrected chi connectivity index (χ0v) is 10.9. The van der Waals surface area contributed by atoms with Crippen molar-refractivity contribution in [1.82, 2.24) is 0 Å². The molecular weight excluding hydrogens is 270 g/mol. The molecule has 98 valence electrons. The van der Waals surface area contributed by atoms with Gasteiger partial charge in [-0.05, 0) is 43.3 Å². The average Bonchev–Trinajstić information content (AvgIpc) is 2.38. The lowest BCUT2D eigenvalue weighted by Gasteiger charge is -2.06. The van der Waals surface area contributed by atoms with Gasteiger partial charge in [0, 0.05) is 5.02 Å². The van der Waals surface area contributed by atoms with E-state index >= 15 is 0 Å². The number of hydrogen-bond acceptors (Lipinski definition) is 2. The molecule has 0 saturated heterocycles. The van der Waals surface area contributed by atoms with Gasteiger partial charge in [-0.1, -0.05) is 17.7 Å². The van der Waals surface area contributed by atoms with Crippen LogP contribution < -0.4 is 5.43 Å². The molecule has 0 saturated carbocycles. The zero-order chi connectivity index (χ0) is 13.8. The number of halogens is 3. The van der Waals surface area contributed by atoms with Gasteiger partial charge in [0.25, 0.3) is 0 Å². The SMILES string of the molecule is C/C(=N/Nc1ccc(Cl)cc1)c1c(F)cccc1F. The first kappa shape index (κ1) is 13.5. The minimum absolute atomic E-state index is 0.135. The molecule has 0 fully saturated rings. The Morgan fingerprint density at radius 2 is 1.63 bits per heavy atom. The first-order valence-electron chi connectivity index (χ1n) is 5.58. The molecule has 19 heavy (non-hydrogen) atoms. The van der Waals surface area contributed by atoms with Gasteiger partial charge in [0.2, 0.25) is 0 Å². The Balaban J connectivity index is 2.22. The molecular formula is C14H11ClF2N2. The third-order valence-electron chi connectivity index (χ3n) is 2.52. The van der Waals surface area contributed by atoms with E-state index in [1.807, 2.05) is 0 Å². The summed E-state index contributed by atoms with van der Waals surface area (Å²) in [6.45, 7) is 1.53. The summed E-state index contributed by atoms with van der Waals surface area (Å²) in [5.41, 5.74) is 3.49. The summed E-state index contributed by atoms with van der Waals surface area (Å²) in [6.07, 6.45) is 0. The third kappa shape index (κ3) is 3.29. The summed E-state index contributed by atoms with van der Waals surface area (Å²) in [5, 5.41) is 4.56. The molecule has 1 N–H and O–H groups in total. The molecule has 0 bridgehead atoms. The Kier molecular flexibility index (Phi) is 4.12. The van der Waals surface area contributed by atoms with Crippen LogP contribution in [0.3, 0.4) is 0 Å². The molecule has 2 nitrogen and oxygen atoms in total. The molecule has 2 aromatic rings. The van der Waals surface area contributed by atoms with E-state index in [0.29, 0.717) is 10.7 Å². The Morgan fingerprint density at radius 1 is 1.05 bits per heavy atom. The fraction of sp³-hybridized carbons (Fsp3) is 0.0714. The highest BCUT2D eigenvalue weighted by Crippen LogP contribution is 2.15. The second kappa shape index (κ2) is 5.80. The maximum absolute atomic E-state index is 13.5. The highest BCUT2D eigenvalue weighted by Gasteiger charge is 2.11. The summed E-state index contributed by atoms with van der Waals surface area (Å²) in [4.78, 5) is 0. The van der Waals surface area contributed by atoms with Gasteiger partial charge < -0.3 is 0 Å². The molecule has 0 radical (unpaired) electrons. The first-order chi connectivity index (χ1) is 9.08. The normalized spacial score (nSPS) is 11.5. The highest BCUT2D eigenvalue weighted by molar-refractivity contribution is 6.30. The van der Waals surface area contributed by atoms with Crippen LogP contribution in [0.2, 0.25) is 5.02 Å². The van der Waals surface area contributed by atoms with Gasteiger partial charge in [-0.2, -0.15) is 5.10 Å². The largest absolute Gasteiger partial charge is 0.278 e. The number of nitrogens with zero attached hydrogens (tertiary/aromatic N) is 1. The molecule has 0 aliphatic carbocycles. The smallest absolute Gasteiger partial charge is 0.135 e. The topological polar surface area (TPSA) is 24.4 Å². The van der Waals surface area contributed by atoms with Crippen molar-refractivity contribution in [3.8, 4) is 0 Å². The minimum Gasteiger partial charge on any atom is -0.278 e. The van der Waals surface area contributed by atoms with Crippen LogP contribution in [-0.2, 0) is 0 Å². The molecule has 0 atom stereocenters. The van der Waals surface area contributed by atoms with Crippen molar-refractivity contribution in [3.05, 3.63) is 64.7 Å². The van der Waals surface area contributed by atoms with E-state index in [1.165, 1.54) is 25.1 Å². The van der Waals surface area contributed by atoms with Gasteiger partial charge in [0.15, 0.2) is 0 Å². The van der Waals surface area contributed by atoms with Gasteiger partial charge in [0.05, 0.1) is 17.0 Å². The molecule has 0 aliphatic rings. The lowest BCUT2D eigenvalue weighted by atomic mass is 10.1. The molecule has 2 aromatic carbocycles. The fourth-order valence-corrected chi connectivity index (χ4v) is 1.70. The van der Waals surface area contributed by atoms with Crippen molar-refractivity contribution >= 4 is 23.0 Å². The lowest BCUT2D eigenvalue weighted by molar-refractivity contribution is 0.579. The van der Waals surface area contributed by atoms with Gasteiger partial charge >= 0.3 is 0 Å². The van der Waals surface area contributed by atoms with Crippen LogP contribution in [-0.4, -0.2) is 5.71 Å². The predicted molar refractivity (Wildman–Crippen MR) is 73.6 cm³/mol. The Labute approximate surface area is 114 Å². The van der Waals surface area contributed by atoms with Crippen molar-refractivity contribution < 1.29 is 8.78 Å². The van der Waals surface area contributed by atoms with Crippen LogP contribution in [0.5, 0.6) is 0 Å². The third-order valence-corrected chi connectivity index (χ3v) is 2.77. The summed E-state index contributed by atoms with van der Waals surface area (Å²) < 4.78 is 27.0. The summed E-state index contributed by atoms with van der Waals surface area (Å²) in [7, 11) is 0. The van der Waals surface area contributed by atoms with Crippen molar-refractivity contribution in [2.45, 2.75) is 6.92 Å². The van der Waals surface area contributed by atoms with E-state index in [0.717, 1.165) is 0 Å². The number of hydrazone groups is 1. The highest BCUT2D eigenvalue weighted by atomic mass is 35.5. The molecule has 5 heteroatoms. The number of rotatable bonds is 3. The molecule has 0 amide bonds. The van der Waals surface area contributed by atoms with Crippen LogP contribution in [0.1, 0.15) is 12.5 Å². The monoisotopic (exact) mass is 280 g/mol. The van der Waals surface area contributed by atoms with Crippen LogP contribution in [0.4, 0.5) is 14.5 Å². The van der Waals surface area contributed by atoms with E-state index in [9.17, 15) is 8.78 Å². The Bertz CT molecular complexity index is 589. The first-order valence-corrected chi connectivity index (χ1v) is 5.96. The van der Waals surface area contributed by atoms with Crippen LogP contribution in [0.15, 0.2) is 47.6 Å². The quantitative estimate of drug-likeness (QED) is 0.652. The molecule has 0 spiro atoms. The van der Waals surface area contributed by atoms with Gasteiger partial charge in [0.1, 0.15) is 11.6 Å². The van der Waals surface area contributed by atoms with Crippen LogP contribution in [0.25, 0.3) is 0 Å². The maximum atomic E-state index is 13.5. The van der Waals surface area contributed by atoms with Gasteiger partial charge in [-0.25, -0.2) is 8.78 Å².